The standard InChI is InChI=1S/C14H28.C14H22.C13H25N.C13H21N/c2*1-13(2,3)11-7-9-12(10-8-11)14(4,5)6;1-12(2,3)11-7-9-14(10-8-11)13(4,5)6;1-12(2,3)10-7-8-11(14-9-10)13(4,5)6/h11-12H,7-10H2,1-6H3;7-10H,1-6H3;7H,8-10H2,1-6H3;7-9H,1-6H3. The summed E-state index contributed by atoms with van der Waals surface area (Å²) in [6.07, 6.45) is 11.5. The summed E-state index contributed by atoms with van der Waals surface area (Å²) < 4.78 is 0. The summed E-state index contributed by atoms with van der Waals surface area (Å²) in [6, 6.07) is 13.3. The molecule has 1 aliphatic heterocycles. The summed E-state index contributed by atoms with van der Waals surface area (Å²) in [5.74, 6) is 1.92. The Hall–Kier alpha value is -1.93. The first-order valence-corrected chi connectivity index (χ1v) is 22.4. The molecule has 2 nitrogen and oxygen atoms in total. The molecule has 2 aromatic rings. The molecule has 0 saturated heterocycles. The van der Waals surface area contributed by atoms with Crippen LogP contribution in [-0.2, 0) is 21.7 Å². The molecule has 0 radical (unpaired) electrons. The number of hydrogen-bond donors (Lipinski definition) is 0. The van der Waals surface area contributed by atoms with E-state index in [1.165, 1.54) is 55.3 Å². The topological polar surface area (TPSA) is 16.1 Å². The maximum Gasteiger partial charge on any atom is 0.0457 e. The number of rotatable bonds is 0. The summed E-state index contributed by atoms with van der Waals surface area (Å²) in [4.78, 5) is 7.06. The SMILES string of the molecule is CC(C)(C)C1=CCN(C(C)(C)C)CC1.CC(C)(C)C1CCC(C(C)(C)C)CC1.CC(C)(C)c1ccc(C(C)(C)C)cc1.CC(C)(C)c1ccc(C(C)(C)C)nc1. The highest BCUT2D eigenvalue weighted by atomic mass is 15.2. The minimum Gasteiger partial charge on any atom is -0.295 e. The van der Waals surface area contributed by atoms with Crippen molar-refractivity contribution in [3.05, 3.63) is 76.6 Å². The Bertz CT molecular complexity index is 1280. The maximum absolute atomic E-state index is 4.52. The fraction of sp³-hybridized carbons (Fsp3) is 0.759. The van der Waals surface area contributed by atoms with Crippen LogP contribution in [0.1, 0.15) is 221 Å². The molecule has 1 aliphatic carbocycles. The average molecular weight is 773 g/mol. The van der Waals surface area contributed by atoms with Gasteiger partial charge in [-0.25, -0.2) is 0 Å². The molecular formula is C54H96N2. The van der Waals surface area contributed by atoms with Gasteiger partial charge in [-0.05, 0) is 120 Å². The van der Waals surface area contributed by atoms with Gasteiger partial charge in [-0.3, -0.25) is 9.88 Å². The molecule has 0 spiro atoms. The van der Waals surface area contributed by atoms with Crippen LogP contribution in [0.4, 0.5) is 0 Å². The molecule has 4 rings (SSSR count). The van der Waals surface area contributed by atoms with E-state index >= 15 is 0 Å². The Kier molecular flexibility index (Phi) is 18.1. The van der Waals surface area contributed by atoms with E-state index in [4.69, 9.17) is 0 Å². The molecule has 1 saturated carbocycles. The molecule has 0 amide bonds. The second-order valence-electron chi connectivity index (χ2n) is 25.6. The third-order valence-electron chi connectivity index (χ3n) is 12.3. The van der Waals surface area contributed by atoms with Crippen LogP contribution in [0, 0.1) is 28.1 Å². The van der Waals surface area contributed by atoms with Crippen molar-refractivity contribution in [3.8, 4) is 0 Å². The highest BCUT2D eigenvalue weighted by Crippen LogP contribution is 2.45. The Morgan fingerprint density at radius 1 is 0.446 bits per heavy atom. The van der Waals surface area contributed by atoms with Crippen molar-refractivity contribution in [2.75, 3.05) is 13.1 Å². The Labute approximate surface area is 351 Å². The molecule has 0 atom stereocenters. The van der Waals surface area contributed by atoms with Crippen LogP contribution < -0.4 is 0 Å². The van der Waals surface area contributed by atoms with E-state index in [-0.39, 0.29) is 21.7 Å². The molecule has 0 bridgehead atoms. The fourth-order valence-corrected chi connectivity index (χ4v) is 7.54. The molecule has 1 aromatic heterocycles. The number of pyridine rings is 1. The summed E-state index contributed by atoms with van der Waals surface area (Å²) in [5.41, 5.74) is 9.51. The predicted octanol–water partition coefficient (Wildman–Crippen LogP) is 16.3. The van der Waals surface area contributed by atoms with Crippen molar-refractivity contribution in [2.45, 2.75) is 225 Å². The van der Waals surface area contributed by atoms with E-state index in [2.05, 4.69) is 219 Å². The van der Waals surface area contributed by atoms with Crippen LogP contribution in [0.3, 0.4) is 0 Å². The van der Waals surface area contributed by atoms with Crippen LogP contribution in [0.25, 0.3) is 0 Å². The Morgan fingerprint density at radius 2 is 0.804 bits per heavy atom. The van der Waals surface area contributed by atoms with Crippen LogP contribution >= 0.6 is 0 Å². The number of nitrogens with zero attached hydrogens (tertiary/aromatic N) is 2. The van der Waals surface area contributed by atoms with E-state index < -0.39 is 0 Å². The van der Waals surface area contributed by atoms with E-state index in [1.54, 1.807) is 5.57 Å². The number of benzene rings is 1. The van der Waals surface area contributed by atoms with Crippen LogP contribution in [0.15, 0.2) is 54.2 Å². The van der Waals surface area contributed by atoms with Gasteiger partial charge in [-0.2, -0.15) is 0 Å². The Morgan fingerprint density at radius 3 is 1.02 bits per heavy atom. The van der Waals surface area contributed by atoms with Gasteiger partial charge in [-0.1, -0.05) is 187 Å². The van der Waals surface area contributed by atoms with Gasteiger partial charge in [0.1, 0.15) is 0 Å². The summed E-state index contributed by atoms with van der Waals surface area (Å²) in [6.45, 7) is 57.2. The zero-order valence-electron chi connectivity index (χ0n) is 42.1. The monoisotopic (exact) mass is 773 g/mol. The first kappa shape index (κ1) is 52.1. The molecule has 2 heterocycles. The second kappa shape index (κ2) is 19.4. The van der Waals surface area contributed by atoms with Gasteiger partial charge in [0, 0.05) is 35.9 Å². The van der Waals surface area contributed by atoms with E-state index in [0.29, 0.717) is 21.8 Å². The molecule has 1 aromatic carbocycles. The highest BCUT2D eigenvalue weighted by Gasteiger charge is 2.34. The molecule has 2 heteroatoms. The average Bonchev–Trinajstić information content (AvgIpc) is 3.03. The van der Waals surface area contributed by atoms with Crippen molar-refractivity contribution < 1.29 is 0 Å². The zero-order valence-corrected chi connectivity index (χ0v) is 42.1. The summed E-state index contributed by atoms with van der Waals surface area (Å²) >= 11 is 0. The lowest BCUT2D eigenvalue weighted by Gasteiger charge is -2.41. The third-order valence-corrected chi connectivity index (χ3v) is 12.3. The molecule has 0 N–H and O–H groups in total. The lowest BCUT2D eigenvalue weighted by Crippen LogP contribution is -2.44. The molecule has 56 heavy (non-hydrogen) atoms. The van der Waals surface area contributed by atoms with E-state index in [0.717, 1.165) is 24.1 Å². The highest BCUT2D eigenvalue weighted by molar-refractivity contribution is 5.31. The minimum atomic E-state index is 0.149. The Balaban J connectivity index is 0.000000373. The van der Waals surface area contributed by atoms with Crippen LogP contribution in [0.5, 0.6) is 0 Å². The molecule has 322 valence electrons. The van der Waals surface area contributed by atoms with Crippen molar-refractivity contribution in [2.24, 2.45) is 28.1 Å². The number of aromatic nitrogens is 1. The smallest absolute Gasteiger partial charge is 0.0457 e. The lowest BCUT2D eigenvalue weighted by atomic mass is 9.64. The van der Waals surface area contributed by atoms with Gasteiger partial charge in [0.2, 0.25) is 0 Å². The number of hydrogen-bond acceptors (Lipinski definition) is 2. The molecular weight excluding hydrogens is 677 g/mol. The van der Waals surface area contributed by atoms with Crippen molar-refractivity contribution in [1.29, 1.82) is 0 Å². The first-order chi connectivity index (χ1) is 24.8. The van der Waals surface area contributed by atoms with Gasteiger partial charge in [0.15, 0.2) is 0 Å². The molecule has 2 aliphatic rings. The van der Waals surface area contributed by atoms with E-state index in [1.807, 2.05) is 6.20 Å². The summed E-state index contributed by atoms with van der Waals surface area (Å²) in [7, 11) is 0. The van der Waals surface area contributed by atoms with Gasteiger partial charge >= 0.3 is 0 Å². The third kappa shape index (κ3) is 18.3. The van der Waals surface area contributed by atoms with Gasteiger partial charge in [0.25, 0.3) is 0 Å². The molecule has 0 unspecified atom stereocenters. The van der Waals surface area contributed by atoms with Crippen molar-refractivity contribution in [3.63, 3.8) is 0 Å². The second-order valence-corrected chi connectivity index (χ2v) is 25.6. The minimum absolute atomic E-state index is 0.149. The van der Waals surface area contributed by atoms with Crippen molar-refractivity contribution >= 4 is 0 Å². The van der Waals surface area contributed by atoms with Gasteiger partial charge < -0.3 is 0 Å². The summed E-state index contributed by atoms with van der Waals surface area (Å²) in [5, 5.41) is 0. The van der Waals surface area contributed by atoms with Gasteiger partial charge in [0.05, 0.1) is 0 Å². The van der Waals surface area contributed by atoms with Crippen LogP contribution in [0.2, 0.25) is 0 Å². The van der Waals surface area contributed by atoms with Crippen molar-refractivity contribution in [1.82, 2.24) is 9.88 Å². The van der Waals surface area contributed by atoms with Gasteiger partial charge in [-0.15, -0.1) is 0 Å². The normalized spacial score (nSPS) is 19.3. The fourth-order valence-electron chi connectivity index (χ4n) is 7.54. The maximum atomic E-state index is 4.52. The zero-order chi connectivity index (χ0) is 43.9. The quantitative estimate of drug-likeness (QED) is 0.248. The van der Waals surface area contributed by atoms with E-state index in [9.17, 15) is 0 Å². The molecule has 1 fully saturated rings. The largest absolute Gasteiger partial charge is 0.295 e. The lowest BCUT2D eigenvalue weighted by molar-refractivity contribution is 0.0970. The van der Waals surface area contributed by atoms with Crippen LogP contribution in [-0.4, -0.2) is 28.5 Å². The predicted molar refractivity (Wildman–Crippen MR) is 253 cm³/mol. The first-order valence-electron chi connectivity index (χ1n) is 22.4.